The maximum absolute atomic E-state index is 13.1. The predicted molar refractivity (Wildman–Crippen MR) is 136 cm³/mol. The van der Waals surface area contributed by atoms with E-state index in [1.165, 1.54) is 36.8 Å². The second-order valence-corrected chi connectivity index (χ2v) is 9.63. The van der Waals surface area contributed by atoms with Crippen molar-refractivity contribution < 1.29 is 9.53 Å². The van der Waals surface area contributed by atoms with Crippen molar-refractivity contribution in [3.8, 4) is 11.1 Å². The van der Waals surface area contributed by atoms with Crippen molar-refractivity contribution in [1.29, 1.82) is 0 Å². The summed E-state index contributed by atoms with van der Waals surface area (Å²) >= 11 is 0. The molecule has 0 bridgehead atoms. The zero-order valence-corrected chi connectivity index (χ0v) is 20.0. The first-order valence-corrected chi connectivity index (χ1v) is 12.6. The van der Waals surface area contributed by atoms with Crippen LogP contribution in [0.3, 0.4) is 0 Å². The van der Waals surface area contributed by atoms with Crippen molar-refractivity contribution >= 4 is 5.97 Å². The van der Waals surface area contributed by atoms with Crippen LogP contribution in [0.4, 0.5) is 0 Å². The van der Waals surface area contributed by atoms with Gasteiger partial charge in [-0.05, 0) is 59.6 Å². The maximum atomic E-state index is 13.1. The Bertz CT molecular complexity index is 999. The van der Waals surface area contributed by atoms with Crippen molar-refractivity contribution in [2.45, 2.75) is 64.9 Å². The fourth-order valence-corrected chi connectivity index (χ4v) is 4.88. The lowest BCUT2D eigenvalue weighted by atomic mass is 9.82. The molecule has 2 nitrogen and oxygen atoms in total. The Kier molecular flexibility index (Phi) is 7.99. The zero-order valence-electron chi connectivity index (χ0n) is 20.0. The van der Waals surface area contributed by atoms with Crippen LogP contribution in [0.1, 0.15) is 80.0 Å². The normalized spacial score (nSPS) is 16.2. The van der Waals surface area contributed by atoms with Crippen LogP contribution in [0.5, 0.6) is 0 Å². The molecule has 0 aromatic heterocycles. The van der Waals surface area contributed by atoms with E-state index in [4.69, 9.17) is 4.74 Å². The third-order valence-corrected chi connectivity index (χ3v) is 7.13. The van der Waals surface area contributed by atoms with Gasteiger partial charge in [0, 0.05) is 5.92 Å². The van der Waals surface area contributed by atoms with Gasteiger partial charge in [0.05, 0.1) is 5.56 Å². The average molecular weight is 441 g/mol. The van der Waals surface area contributed by atoms with Gasteiger partial charge < -0.3 is 4.74 Å². The molecule has 3 aromatic rings. The molecule has 1 saturated carbocycles. The van der Waals surface area contributed by atoms with E-state index in [0.717, 1.165) is 30.4 Å². The summed E-state index contributed by atoms with van der Waals surface area (Å²) in [5.41, 5.74) is 5.39. The molecular formula is C31H36O2. The van der Waals surface area contributed by atoms with Gasteiger partial charge in [0.1, 0.15) is 6.10 Å². The molecule has 0 heterocycles. The Morgan fingerprint density at radius 3 is 2.06 bits per heavy atom. The summed E-state index contributed by atoms with van der Waals surface area (Å²) in [6, 6.07) is 26.9. The van der Waals surface area contributed by atoms with E-state index in [9.17, 15) is 4.79 Å². The number of carbonyl (C=O) groups is 1. The zero-order chi connectivity index (χ0) is 23.0. The van der Waals surface area contributed by atoms with Gasteiger partial charge >= 0.3 is 5.97 Å². The van der Waals surface area contributed by atoms with Gasteiger partial charge in [0.25, 0.3) is 0 Å². The molecule has 0 aliphatic heterocycles. The van der Waals surface area contributed by atoms with Crippen LogP contribution >= 0.6 is 0 Å². The molecule has 0 saturated heterocycles. The molecule has 0 amide bonds. The van der Waals surface area contributed by atoms with Gasteiger partial charge in [-0.15, -0.1) is 0 Å². The number of hydrogen-bond donors (Lipinski definition) is 0. The lowest BCUT2D eigenvalue weighted by Gasteiger charge is -2.30. The topological polar surface area (TPSA) is 26.3 Å². The highest BCUT2D eigenvalue weighted by Gasteiger charge is 2.28. The fraction of sp³-hybridized carbons (Fsp3) is 0.387. The van der Waals surface area contributed by atoms with E-state index in [1.807, 2.05) is 42.5 Å². The van der Waals surface area contributed by atoms with Crippen molar-refractivity contribution in [2.75, 3.05) is 0 Å². The van der Waals surface area contributed by atoms with Crippen molar-refractivity contribution in [3.05, 3.63) is 95.6 Å². The molecule has 3 aromatic carbocycles. The van der Waals surface area contributed by atoms with Crippen LogP contribution < -0.4 is 0 Å². The molecule has 172 valence electrons. The molecule has 1 aliphatic carbocycles. The van der Waals surface area contributed by atoms with Gasteiger partial charge in [0.2, 0.25) is 0 Å². The van der Waals surface area contributed by atoms with Gasteiger partial charge in [-0.3, -0.25) is 0 Å². The molecule has 1 unspecified atom stereocenters. The monoisotopic (exact) mass is 440 g/mol. The molecular weight excluding hydrogens is 404 g/mol. The molecule has 0 N–H and O–H groups in total. The van der Waals surface area contributed by atoms with Crippen molar-refractivity contribution in [3.63, 3.8) is 0 Å². The molecule has 2 heteroatoms. The van der Waals surface area contributed by atoms with E-state index in [1.54, 1.807) is 0 Å². The van der Waals surface area contributed by atoms with E-state index in [2.05, 4.69) is 50.2 Å². The Morgan fingerprint density at radius 2 is 1.45 bits per heavy atom. The lowest BCUT2D eigenvalue weighted by molar-refractivity contribution is 0.00669. The third-order valence-electron chi connectivity index (χ3n) is 7.13. The van der Waals surface area contributed by atoms with Crippen molar-refractivity contribution in [2.24, 2.45) is 11.8 Å². The Balaban J connectivity index is 1.45. The summed E-state index contributed by atoms with van der Waals surface area (Å²) in [6.07, 6.45) is 8.11. The summed E-state index contributed by atoms with van der Waals surface area (Å²) in [4.78, 5) is 13.1. The maximum Gasteiger partial charge on any atom is 0.338 e. The van der Waals surface area contributed by atoms with E-state index >= 15 is 0 Å². The van der Waals surface area contributed by atoms with Crippen molar-refractivity contribution in [1.82, 2.24) is 0 Å². The number of rotatable bonds is 8. The summed E-state index contributed by atoms with van der Waals surface area (Å²) < 4.78 is 6.13. The van der Waals surface area contributed by atoms with Gasteiger partial charge in [0.15, 0.2) is 0 Å². The Morgan fingerprint density at radius 1 is 0.848 bits per heavy atom. The first-order valence-electron chi connectivity index (χ1n) is 12.6. The van der Waals surface area contributed by atoms with Gasteiger partial charge in [-0.25, -0.2) is 4.79 Å². The predicted octanol–water partition coefficient (Wildman–Crippen LogP) is 8.42. The smallest absolute Gasteiger partial charge is 0.338 e. The second kappa shape index (κ2) is 11.3. The lowest BCUT2D eigenvalue weighted by Crippen LogP contribution is -2.22. The number of esters is 1. The Hall–Kier alpha value is -2.87. The first kappa shape index (κ1) is 23.3. The molecule has 33 heavy (non-hydrogen) atoms. The molecule has 1 aliphatic rings. The molecule has 0 spiro atoms. The number of carbonyl (C=O) groups excluding carboxylic acids is 1. The second-order valence-electron chi connectivity index (χ2n) is 9.63. The SMILES string of the molecule is CC[C@@H](C)Cc1ccc(-c2ccc(C(=O)OC(c3ccccc3)C3CCCCC3)cc2)cc1. The van der Waals surface area contributed by atoms with Crippen LogP contribution in [0.15, 0.2) is 78.9 Å². The first-order chi connectivity index (χ1) is 16.1. The standard InChI is InChI=1S/C31H36O2/c1-3-23(2)22-24-14-16-25(17-15-24)26-18-20-29(21-19-26)31(32)33-30(27-10-6-4-7-11-27)28-12-8-5-9-13-28/h4,6-7,10-11,14-21,23,28,30H,3,5,8-9,12-13,22H2,1-2H3/t23-,30?/m1/s1. The molecule has 1 fully saturated rings. The quantitative estimate of drug-likeness (QED) is 0.329. The minimum Gasteiger partial charge on any atom is -0.454 e. The molecule has 4 rings (SSSR count). The van der Waals surface area contributed by atoms with Crippen LogP contribution in [0.25, 0.3) is 11.1 Å². The number of benzene rings is 3. The summed E-state index contributed by atoms with van der Waals surface area (Å²) in [6.45, 7) is 4.53. The van der Waals surface area contributed by atoms with Crippen LogP contribution in [0, 0.1) is 11.8 Å². The van der Waals surface area contributed by atoms with Gasteiger partial charge in [-0.2, -0.15) is 0 Å². The van der Waals surface area contributed by atoms with Gasteiger partial charge in [-0.1, -0.05) is 106 Å². The van der Waals surface area contributed by atoms with Crippen LogP contribution in [0.2, 0.25) is 0 Å². The van der Waals surface area contributed by atoms with E-state index in [0.29, 0.717) is 17.4 Å². The molecule has 2 atom stereocenters. The summed E-state index contributed by atoms with van der Waals surface area (Å²) in [5, 5.41) is 0. The highest BCUT2D eigenvalue weighted by Crippen LogP contribution is 2.37. The summed E-state index contributed by atoms with van der Waals surface area (Å²) in [7, 11) is 0. The highest BCUT2D eigenvalue weighted by molar-refractivity contribution is 5.90. The fourth-order valence-electron chi connectivity index (χ4n) is 4.88. The highest BCUT2D eigenvalue weighted by atomic mass is 16.5. The van der Waals surface area contributed by atoms with E-state index < -0.39 is 0 Å². The molecule has 0 radical (unpaired) electrons. The largest absolute Gasteiger partial charge is 0.454 e. The Labute approximate surface area is 199 Å². The summed E-state index contributed by atoms with van der Waals surface area (Å²) in [5.74, 6) is 0.873. The number of ether oxygens (including phenoxy) is 1. The van der Waals surface area contributed by atoms with Crippen LogP contribution in [-0.2, 0) is 11.2 Å². The third kappa shape index (κ3) is 6.13. The minimum absolute atomic E-state index is 0.170. The number of hydrogen-bond acceptors (Lipinski definition) is 2. The van der Waals surface area contributed by atoms with Crippen LogP contribution in [-0.4, -0.2) is 5.97 Å². The average Bonchev–Trinajstić information content (AvgIpc) is 2.88. The van der Waals surface area contributed by atoms with E-state index in [-0.39, 0.29) is 12.1 Å². The minimum atomic E-state index is -0.232.